The van der Waals surface area contributed by atoms with E-state index in [4.69, 9.17) is 15.0 Å². The number of nitrogens with one attached hydrogen (secondary N) is 1. The molecular weight excluding hydrogens is 363 g/mol. The van der Waals surface area contributed by atoms with Crippen LogP contribution in [-0.4, -0.2) is 25.7 Å². The molecule has 3 N–H and O–H groups in total. The number of fused-ring (bicyclic) bond motifs is 1. The molecule has 0 saturated carbocycles. The van der Waals surface area contributed by atoms with Crippen molar-refractivity contribution in [2.24, 2.45) is 5.10 Å². The Balaban J connectivity index is 2.15. The summed E-state index contributed by atoms with van der Waals surface area (Å²) in [5.41, 5.74) is 9.31. The second-order valence-electron chi connectivity index (χ2n) is 6.59. The van der Waals surface area contributed by atoms with Crippen molar-refractivity contribution in [1.82, 2.24) is 10.5 Å². The van der Waals surface area contributed by atoms with E-state index in [0.29, 0.717) is 29.0 Å². The molecule has 7 nitrogen and oxygen atoms in total. The maximum atomic E-state index is 14.4. The third-order valence-corrected chi connectivity index (χ3v) is 4.27. The number of nitrogens with zero attached hydrogens (tertiary/aromatic N) is 2. The summed E-state index contributed by atoms with van der Waals surface area (Å²) in [4.78, 5) is 19.8. The van der Waals surface area contributed by atoms with E-state index in [9.17, 15) is 9.18 Å². The zero-order valence-corrected chi connectivity index (χ0v) is 15.7. The van der Waals surface area contributed by atoms with Crippen molar-refractivity contribution in [3.8, 4) is 5.75 Å². The van der Waals surface area contributed by atoms with Gasteiger partial charge in [-0.1, -0.05) is 12.1 Å². The monoisotopic (exact) mass is 384 g/mol. The molecule has 2 aromatic carbocycles. The second-order valence-corrected chi connectivity index (χ2v) is 6.59. The Kier molecular flexibility index (Phi) is 5.60. The van der Waals surface area contributed by atoms with E-state index in [1.807, 2.05) is 19.0 Å². The van der Waals surface area contributed by atoms with Crippen molar-refractivity contribution in [3.05, 3.63) is 69.3 Å². The van der Waals surface area contributed by atoms with Crippen LogP contribution in [-0.2, 0) is 13.0 Å². The number of halogens is 1. The molecule has 0 radical (unpaired) electrons. The molecule has 1 heterocycles. The van der Waals surface area contributed by atoms with Gasteiger partial charge >= 0.3 is 5.63 Å². The van der Waals surface area contributed by atoms with E-state index < -0.39 is 11.4 Å². The van der Waals surface area contributed by atoms with Crippen LogP contribution < -0.4 is 21.8 Å². The van der Waals surface area contributed by atoms with Crippen molar-refractivity contribution in [3.63, 3.8) is 0 Å². The fraction of sp³-hybridized carbons (Fsp3) is 0.200. The van der Waals surface area contributed by atoms with E-state index in [1.165, 1.54) is 6.07 Å². The minimum absolute atomic E-state index is 0.0435. The van der Waals surface area contributed by atoms with E-state index in [0.717, 1.165) is 10.9 Å². The van der Waals surface area contributed by atoms with Gasteiger partial charge < -0.3 is 19.9 Å². The van der Waals surface area contributed by atoms with Gasteiger partial charge in [-0.25, -0.2) is 9.18 Å². The molecule has 0 saturated heterocycles. The predicted molar refractivity (Wildman–Crippen MR) is 107 cm³/mol. The number of hydrazone groups is 1. The predicted octanol–water partition coefficient (Wildman–Crippen LogP) is 2.67. The lowest BCUT2D eigenvalue weighted by molar-refractivity contribution is 0.203. The molecule has 3 rings (SSSR count). The molecule has 0 fully saturated rings. The van der Waals surface area contributed by atoms with Crippen LogP contribution in [0.4, 0.5) is 10.1 Å². The lowest BCUT2D eigenvalue weighted by Gasteiger charge is -2.16. The standard InChI is InChI=1S/C20H21FN4O3/c1-23-24-28-13-7-8-14-16(11-25(2)3)15(20(26)27-18(14)10-13)9-12-5-4-6-17(22)19(12)21/h4-8,10,24H,1,9,11,22H2,2-3H3. The summed E-state index contributed by atoms with van der Waals surface area (Å²) in [6, 6.07) is 9.84. The van der Waals surface area contributed by atoms with Crippen molar-refractivity contribution in [1.29, 1.82) is 0 Å². The van der Waals surface area contributed by atoms with Crippen molar-refractivity contribution < 1.29 is 13.6 Å². The molecular formula is C20H21FN4O3. The molecule has 0 aliphatic rings. The quantitative estimate of drug-likeness (QED) is 0.282. The molecule has 0 spiro atoms. The molecule has 146 valence electrons. The van der Waals surface area contributed by atoms with E-state index in [2.05, 4.69) is 17.4 Å². The maximum absolute atomic E-state index is 14.4. The molecule has 0 aliphatic heterocycles. The highest BCUT2D eigenvalue weighted by Gasteiger charge is 2.18. The molecule has 0 unspecified atom stereocenters. The minimum atomic E-state index is -0.530. The number of anilines is 1. The molecule has 28 heavy (non-hydrogen) atoms. The van der Waals surface area contributed by atoms with Gasteiger partial charge in [0.1, 0.15) is 11.4 Å². The Morgan fingerprint density at radius 1 is 1.29 bits per heavy atom. The normalized spacial score (nSPS) is 11.0. The first kappa shape index (κ1) is 19.4. The van der Waals surface area contributed by atoms with Crippen LogP contribution >= 0.6 is 0 Å². The van der Waals surface area contributed by atoms with Gasteiger partial charge in [-0.2, -0.15) is 5.10 Å². The van der Waals surface area contributed by atoms with E-state index in [1.54, 1.807) is 30.3 Å². The van der Waals surface area contributed by atoms with Crippen LogP contribution in [0.3, 0.4) is 0 Å². The first-order chi connectivity index (χ1) is 13.4. The largest absolute Gasteiger partial charge is 0.422 e. The van der Waals surface area contributed by atoms with Gasteiger partial charge in [0.2, 0.25) is 0 Å². The fourth-order valence-electron chi connectivity index (χ4n) is 3.03. The summed E-state index contributed by atoms with van der Waals surface area (Å²) in [7, 11) is 3.78. The van der Waals surface area contributed by atoms with Gasteiger partial charge in [0.15, 0.2) is 5.75 Å². The van der Waals surface area contributed by atoms with Crippen LogP contribution in [0, 0.1) is 5.82 Å². The third kappa shape index (κ3) is 3.96. The zero-order valence-electron chi connectivity index (χ0n) is 15.7. The third-order valence-electron chi connectivity index (χ3n) is 4.27. The van der Waals surface area contributed by atoms with Gasteiger partial charge in [0.25, 0.3) is 0 Å². The SMILES string of the molecule is C=NNOc1ccc2c(CN(C)C)c(Cc3cccc(N)c3F)c(=O)oc2c1. The summed E-state index contributed by atoms with van der Waals surface area (Å²) in [6.45, 7) is 3.74. The molecule has 3 aromatic rings. The van der Waals surface area contributed by atoms with Crippen LogP contribution in [0.2, 0.25) is 0 Å². The highest BCUT2D eigenvalue weighted by atomic mass is 19.1. The van der Waals surface area contributed by atoms with Crippen LogP contribution in [0.25, 0.3) is 11.0 Å². The second kappa shape index (κ2) is 8.10. The summed E-state index contributed by atoms with van der Waals surface area (Å²) >= 11 is 0. The molecule has 1 aromatic heterocycles. The Hall–Kier alpha value is -3.39. The van der Waals surface area contributed by atoms with E-state index >= 15 is 0 Å². The molecule has 8 heteroatoms. The molecule has 0 aliphatic carbocycles. The summed E-state index contributed by atoms with van der Waals surface area (Å²) in [6.07, 6.45) is 0.0819. The average Bonchev–Trinajstić information content (AvgIpc) is 2.65. The zero-order chi connectivity index (χ0) is 20.3. The highest BCUT2D eigenvalue weighted by molar-refractivity contribution is 5.82. The number of hydrogen-bond donors (Lipinski definition) is 2. The Labute approximate surface area is 161 Å². The average molecular weight is 384 g/mol. The van der Waals surface area contributed by atoms with Crippen molar-refractivity contribution >= 4 is 23.4 Å². The molecule has 0 amide bonds. The van der Waals surface area contributed by atoms with Gasteiger partial charge in [0, 0.05) is 36.7 Å². The van der Waals surface area contributed by atoms with Gasteiger partial charge in [-0.3, -0.25) is 0 Å². The van der Waals surface area contributed by atoms with Gasteiger partial charge in [-0.15, -0.1) is 5.59 Å². The Morgan fingerprint density at radius 2 is 2.07 bits per heavy atom. The summed E-state index contributed by atoms with van der Waals surface area (Å²) < 4.78 is 19.9. The Morgan fingerprint density at radius 3 is 2.79 bits per heavy atom. The number of benzene rings is 2. The van der Waals surface area contributed by atoms with E-state index in [-0.39, 0.29) is 12.1 Å². The summed E-state index contributed by atoms with van der Waals surface area (Å²) in [5, 5.41) is 4.14. The highest BCUT2D eigenvalue weighted by Crippen LogP contribution is 2.27. The van der Waals surface area contributed by atoms with Crippen molar-refractivity contribution in [2.75, 3.05) is 19.8 Å². The van der Waals surface area contributed by atoms with Crippen molar-refractivity contribution in [2.45, 2.75) is 13.0 Å². The Bertz CT molecular complexity index is 1080. The molecule has 0 bridgehead atoms. The smallest absolute Gasteiger partial charge is 0.340 e. The van der Waals surface area contributed by atoms with Crippen LogP contribution in [0.15, 0.2) is 50.7 Å². The number of rotatable bonds is 7. The molecule has 0 atom stereocenters. The fourth-order valence-corrected chi connectivity index (χ4v) is 3.03. The lowest BCUT2D eigenvalue weighted by Crippen LogP contribution is -2.19. The first-order valence-electron chi connectivity index (χ1n) is 8.54. The van der Waals surface area contributed by atoms with Gasteiger partial charge in [0.05, 0.1) is 5.69 Å². The maximum Gasteiger partial charge on any atom is 0.340 e. The number of nitrogen functional groups attached to an aromatic ring is 1. The first-order valence-corrected chi connectivity index (χ1v) is 8.54. The number of hydrogen-bond acceptors (Lipinski definition) is 7. The minimum Gasteiger partial charge on any atom is -0.422 e. The van der Waals surface area contributed by atoms with Crippen LogP contribution in [0.5, 0.6) is 5.75 Å². The number of nitrogens with two attached hydrogens (primary N) is 1. The van der Waals surface area contributed by atoms with Gasteiger partial charge in [-0.05, 0) is 43.4 Å². The van der Waals surface area contributed by atoms with Crippen LogP contribution in [0.1, 0.15) is 16.7 Å². The topological polar surface area (TPSA) is 93.1 Å². The lowest BCUT2D eigenvalue weighted by atomic mass is 9.97. The summed E-state index contributed by atoms with van der Waals surface area (Å²) in [5.74, 6) is -0.113.